The number of thioether (sulfide) groups is 1. The molecule has 0 spiro atoms. The Morgan fingerprint density at radius 2 is 1.64 bits per heavy atom. The summed E-state index contributed by atoms with van der Waals surface area (Å²) >= 11 is 7.16. The first-order chi connectivity index (χ1) is 12.1. The molecule has 0 unspecified atom stereocenters. The first-order valence-corrected chi connectivity index (χ1v) is 9.19. The fraction of sp³-hybridized carbons (Fsp3) is 0.158. The van der Waals surface area contributed by atoms with Crippen molar-refractivity contribution < 1.29 is 4.79 Å². The SMILES string of the molecule is CN1C(=S)N(Cc2ccccc2)C(=O)/C1=C1/Sc2ccccc2N1C. The number of rotatable bonds is 2. The topological polar surface area (TPSA) is 26.8 Å². The highest BCUT2D eigenvalue weighted by Gasteiger charge is 2.40. The van der Waals surface area contributed by atoms with E-state index < -0.39 is 0 Å². The molecule has 2 aliphatic heterocycles. The minimum atomic E-state index is -0.0430. The Labute approximate surface area is 156 Å². The van der Waals surface area contributed by atoms with E-state index >= 15 is 0 Å². The number of nitrogens with zero attached hydrogens (tertiary/aromatic N) is 3. The Balaban J connectivity index is 1.70. The predicted molar refractivity (Wildman–Crippen MR) is 105 cm³/mol. The van der Waals surface area contributed by atoms with Crippen LogP contribution in [0.15, 0.2) is 70.2 Å². The van der Waals surface area contributed by atoms with Crippen LogP contribution in [0, 0.1) is 0 Å². The predicted octanol–water partition coefficient (Wildman–Crippen LogP) is 3.66. The summed E-state index contributed by atoms with van der Waals surface area (Å²) in [7, 11) is 3.86. The number of carbonyl (C=O) groups excluding carboxylic acids is 1. The Hall–Kier alpha value is -2.31. The number of likely N-dealkylation sites (N-methyl/N-ethyl adjacent to an activating group) is 1. The third-order valence-electron chi connectivity index (χ3n) is 4.42. The summed E-state index contributed by atoms with van der Waals surface area (Å²) in [6.45, 7) is 0.487. The zero-order valence-corrected chi connectivity index (χ0v) is 15.6. The van der Waals surface area contributed by atoms with Crippen LogP contribution in [0.5, 0.6) is 0 Å². The van der Waals surface area contributed by atoms with Gasteiger partial charge in [0.1, 0.15) is 10.7 Å². The van der Waals surface area contributed by atoms with Crippen LogP contribution in [0.4, 0.5) is 5.69 Å². The lowest BCUT2D eigenvalue weighted by atomic mass is 10.2. The second kappa shape index (κ2) is 6.20. The number of para-hydroxylation sites is 1. The van der Waals surface area contributed by atoms with Gasteiger partial charge in [0.15, 0.2) is 5.11 Å². The highest BCUT2D eigenvalue weighted by molar-refractivity contribution is 8.03. The zero-order chi connectivity index (χ0) is 17.6. The largest absolute Gasteiger partial charge is 0.336 e. The van der Waals surface area contributed by atoms with E-state index in [-0.39, 0.29) is 5.91 Å². The number of hydrogen-bond acceptors (Lipinski definition) is 4. The number of carbonyl (C=O) groups is 1. The summed E-state index contributed by atoms with van der Waals surface area (Å²) in [4.78, 5) is 19.8. The van der Waals surface area contributed by atoms with Gasteiger partial charge in [0.25, 0.3) is 5.91 Å². The molecule has 2 aromatic carbocycles. The van der Waals surface area contributed by atoms with Crippen molar-refractivity contribution in [2.75, 3.05) is 19.0 Å². The lowest BCUT2D eigenvalue weighted by Gasteiger charge is -2.18. The van der Waals surface area contributed by atoms with Crippen LogP contribution in [0.25, 0.3) is 0 Å². The van der Waals surface area contributed by atoms with E-state index in [0.29, 0.717) is 17.4 Å². The van der Waals surface area contributed by atoms with Crippen molar-refractivity contribution in [1.82, 2.24) is 9.80 Å². The van der Waals surface area contributed by atoms with Gasteiger partial charge in [-0.3, -0.25) is 9.69 Å². The third kappa shape index (κ3) is 2.62. The zero-order valence-electron chi connectivity index (χ0n) is 14.0. The van der Waals surface area contributed by atoms with Crippen molar-refractivity contribution in [3.63, 3.8) is 0 Å². The Kier molecular flexibility index (Phi) is 4.01. The van der Waals surface area contributed by atoms with E-state index in [2.05, 4.69) is 17.0 Å². The van der Waals surface area contributed by atoms with E-state index in [0.717, 1.165) is 21.2 Å². The molecule has 0 N–H and O–H groups in total. The van der Waals surface area contributed by atoms with Gasteiger partial charge in [0.05, 0.1) is 12.2 Å². The average Bonchev–Trinajstić information content (AvgIpc) is 3.06. The van der Waals surface area contributed by atoms with Crippen molar-refractivity contribution in [3.05, 3.63) is 70.9 Å². The molecule has 2 heterocycles. The van der Waals surface area contributed by atoms with Crippen molar-refractivity contribution in [2.45, 2.75) is 11.4 Å². The summed E-state index contributed by atoms with van der Waals surface area (Å²) in [6.07, 6.45) is 0. The Morgan fingerprint density at radius 3 is 2.36 bits per heavy atom. The summed E-state index contributed by atoms with van der Waals surface area (Å²) in [6, 6.07) is 18.1. The normalized spacial score (nSPS) is 19.8. The van der Waals surface area contributed by atoms with Crippen LogP contribution < -0.4 is 4.90 Å². The van der Waals surface area contributed by atoms with E-state index in [4.69, 9.17) is 12.2 Å². The fourth-order valence-electron chi connectivity index (χ4n) is 3.09. The van der Waals surface area contributed by atoms with Crippen LogP contribution in [-0.4, -0.2) is 34.9 Å². The molecule has 1 fully saturated rings. The van der Waals surface area contributed by atoms with Gasteiger partial charge >= 0.3 is 0 Å². The highest BCUT2D eigenvalue weighted by Crippen LogP contribution is 2.47. The Bertz CT molecular complexity index is 895. The van der Waals surface area contributed by atoms with Gasteiger partial charge in [-0.05, 0) is 29.9 Å². The van der Waals surface area contributed by atoms with Crippen molar-refractivity contribution >= 4 is 40.7 Å². The molecule has 25 heavy (non-hydrogen) atoms. The van der Waals surface area contributed by atoms with Crippen LogP contribution in [0.1, 0.15) is 5.56 Å². The van der Waals surface area contributed by atoms with Crippen molar-refractivity contribution in [3.8, 4) is 0 Å². The van der Waals surface area contributed by atoms with Gasteiger partial charge in [0, 0.05) is 19.0 Å². The first kappa shape index (κ1) is 16.2. The second-order valence-electron chi connectivity index (χ2n) is 6.00. The van der Waals surface area contributed by atoms with Crippen LogP contribution in [0.2, 0.25) is 0 Å². The number of anilines is 1. The molecule has 4 nitrogen and oxygen atoms in total. The molecule has 126 valence electrons. The lowest BCUT2D eigenvalue weighted by molar-refractivity contribution is -0.123. The summed E-state index contributed by atoms with van der Waals surface area (Å²) in [5.74, 6) is -0.0430. The maximum atomic E-state index is 13.1. The first-order valence-electron chi connectivity index (χ1n) is 7.96. The molecule has 0 radical (unpaired) electrons. The van der Waals surface area contributed by atoms with Crippen molar-refractivity contribution in [1.29, 1.82) is 0 Å². The number of thiocarbonyl (C=S) groups is 1. The molecule has 2 aromatic rings. The minimum absolute atomic E-state index is 0.0430. The lowest BCUT2D eigenvalue weighted by Crippen LogP contribution is -2.30. The maximum Gasteiger partial charge on any atom is 0.279 e. The molecular weight excluding hydrogens is 350 g/mol. The molecular formula is C19H17N3OS2. The maximum absolute atomic E-state index is 13.1. The van der Waals surface area contributed by atoms with E-state index in [9.17, 15) is 4.79 Å². The van der Waals surface area contributed by atoms with Crippen LogP contribution >= 0.6 is 24.0 Å². The average molecular weight is 367 g/mol. The molecule has 1 amide bonds. The molecule has 0 atom stereocenters. The standard InChI is InChI=1S/C19H17N3OS2/c1-20-14-10-6-7-11-15(14)25-18(20)16-17(23)22(19(24)21(16)2)12-13-8-4-3-5-9-13/h3-11H,12H2,1-2H3/b18-16-. The Morgan fingerprint density at radius 1 is 0.960 bits per heavy atom. The summed E-state index contributed by atoms with van der Waals surface area (Å²) in [5.41, 5.74) is 2.82. The fourth-order valence-corrected chi connectivity index (χ4v) is 4.54. The highest BCUT2D eigenvalue weighted by atomic mass is 32.2. The molecule has 2 aliphatic rings. The molecule has 0 bridgehead atoms. The van der Waals surface area contributed by atoms with Gasteiger partial charge in [-0.1, -0.05) is 54.2 Å². The van der Waals surface area contributed by atoms with E-state index in [1.165, 1.54) is 0 Å². The molecule has 1 saturated heterocycles. The molecule has 0 aliphatic carbocycles. The number of benzene rings is 2. The van der Waals surface area contributed by atoms with Gasteiger partial charge in [-0.15, -0.1) is 0 Å². The molecule has 6 heteroatoms. The number of fused-ring (bicyclic) bond motifs is 1. The second-order valence-corrected chi connectivity index (χ2v) is 7.40. The van der Waals surface area contributed by atoms with Crippen LogP contribution in [-0.2, 0) is 11.3 Å². The van der Waals surface area contributed by atoms with Gasteiger partial charge in [-0.2, -0.15) is 0 Å². The molecule has 4 rings (SSSR count). The smallest absolute Gasteiger partial charge is 0.279 e. The summed E-state index contributed by atoms with van der Waals surface area (Å²) < 4.78 is 0. The van der Waals surface area contributed by atoms with Gasteiger partial charge < -0.3 is 9.80 Å². The van der Waals surface area contributed by atoms with Crippen molar-refractivity contribution in [2.24, 2.45) is 0 Å². The monoisotopic (exact) mass is 367 g/mol. The van der Waals surface area contributed by atoms with E-state index in [1.807, 2.05) is 61.5 Å². The van der Waals surface area contributed by atoms with Crippen LogP contribution in [0.3, 0.4) is 0 Å². The third-order valence-corrected chi connectivity index (χ3v) is 6.14. The number of hydrogen-bond donors (Lipinski definition) is 0. The molecule has 0 aromatic heterocycles. The number of amides is 1. The van der Waals surface area contributed by atoms with Gasteiger partial charge in [0.2, 0.25) is 0 Å². The summed E-state index contributed by atoms with van der Waals surface area (Å²) in [5, 5.41) is 1.47. The van der Waals surface area contributed by atoms with Gasteiger partial charge in [-0.25, -0.2) is 0 Å². The minimum Gasteiger partial charge on any atom is -0.336 e. The van der Waals surface area contributed by atoms with E-state index in [1.54, 1.807) is 16.7 Å². The quantitative estimate of drug-likeness (QED) is 0.596. The molecule has 0 saturated carbocycles.